The van der Waals surface area contributed by atoms with Gasteiger partial charge < -0.3 is 9.26 Å². The number of halogens is 2. The molecular weight excluding hydrogens is 362 g/mol. The van der Waals surface area contributed by atoms with E-state index in [-0.39, 0.29) is 6.61 Å². The van der Waals surface area contributed by atoms with Crippen LogP contribution in [0, 0.1) is 18.6 Å². The van der Waals surface area contributed by atoms with Crippen molar-refractivity contribution in [2.24, 2.45) is 0 Å². The molecular formula is C22H16F2N2O2. The van der Waals surface area contributed by atoms with Crippen molar-refractivity contribution in [2.45, 2.75) is 13.5 Å². The van der Waals surface area contributed by atoms with Crippen molar-refractivity contribution in [1.29, 1.82) is 0 Å². The van der Waals surface area contributed by atoms with Crippen LogP contribution in [0.1, 0.15) is 11.1 Å². The van der Waals surface area contributed by atoms with Gasteiger partial charge >= 0.3 is 0 Å². The molecule has 3 aromatic carbocycles. The fraction of sp³-hybridized carbons (Fsp3) is 0.0909. The molecule has 0 saturated carbocycles. The van der Waals surface area contributed by atoms with Crippen molar-refractivity contribution in [3.8, 4) is 28.6 Å². The van der Waals surface area contributed by atoms with Crippen molar-refractivity contribution in [3.63, 3.8) is 0 Å². The van der Waals surface area contributed by atoms with Gasteiger partial charge in [0.05, 0.1) is 0 Å². The largest absolute Gasteiger partial charge is 0.489 e. The summed E-state index contributed by atoms with van der Waals surface area (Å²) >= 11 is 0. The molecule has 4 nitrogen and oxygen atoms in total. The Balaban J connectivity index is 1.47. The predicted octanol–water partition coefficient (Wildman–Crippen LogP) is 5.57. The molecule has 0 aliphatic carbocycles. The maximum Gasteiger partial charge on any atom is 0.258 e. The molecule has 0 radical (unpaired) electrons. The zero-order valence-corrected chi connectivity index (χ0v) is 15.0. The first-order valence-electron chi connectivity index (χ1n) is 8.66. The zero-order valence-electron chi connectivity index (χ0n) is 15.0. The van der Waals surface area contributed by atoms with E-state index in [2.05, 4.69) is 10.1 Å². The Morgan fingerprint density at radius 2 is 1.64 bits per heavy atom. The van der Waals surface area contributed by atoms with Crippen LogP contribution >= 0.6 is 0 Å². The molecule has 140 valence electrons. The Morgan fingerprint density at radius 3 is 2.36 bits per heavy atom. The van der Waals surface area contributed by atoms with Crippen LogP contribution in [0.15, 0.2) is 71.3 Å². The van der Waals surface area contributed by atoms with E-state index < -0.39 is 11.6 Å². The lowest BCUT2D eigenvalue weighted by molar-refractivity contribution is 0.305. The van der Waals surface area contributed by atoms with Crippen LogP contribution < -0.4 is 4.74 Å². The Bertz CT molecular complexity index is 1090. The molecule has 0 amide bonds. The topological polar surface area (TPSA) is 48.2 Å². The van der Waals surface area contributed by atoms with Crippen molar-refractivity contribution >= 4 is 0 Å². The fourth-order valence-corrected chi connectivity index (χ4v) is 2.82. The molecule has 0 unspecified atom stereocenters. The number of aryl methyl sites for hydroxylation is 1. The van der Waals surface area contributed by atoms with Crippen molar-refractivity contribution in [3.05, 3.63) is 89.5 Å². The van der Waals surface area contributed by atoms with Gasteiger partial charge in [-0.1, -0.05) is 23.4 Å². The number of benzene rings is 3. The molecule has 1 aromatic heterocycles. The lowest BCUT2D eigenvalue weighted by Crippen LogP contribution is -1.97. The summed E-state index contributed by atoms with van der Waals surface area (Å²) in [5.41, 5.74) is 3.13. The lowest BCUT2D eigenvalue weighted by atomic mass is 10.1. The third kappa shape index (κ3) is 3.91. The quantitative estimate of drug-likeness (QED) is 0.456. The van der Waals surface area contributed by atoms with Crippen LogP contribution in [0.25, 0.3) is 22.8 Å². The number of nitrogens with zero attached hydrogens (tertiary/aromatic N) is 2. The highest BCUT2D eigenvalue weighted by Crippen LogP contribution is 2.26. The fourth-order valence-electron chi connectivity index (χ4n) is 2.82. The van der Waals surface area contributed by atoms with Gasteiger partial charge in [0, 0.05) is 17.2 Å². The molecule has 0 aliphatic heterocycles. The summed E-state index contributed by atoms with van der Waals surface area (Å²) < 4.78 is 37.4. The second-order valence-corrected chi connectivity index (χ2v) is 6.33. The Kier molecular flexibility index (Phi) is 4.85. The Morgan fingerprint density at radius 1 is 0.929 bits per heavy atom. The standard InChI is InChI=1S/C22H16F2N2O2/c1-14-4-2-3-5-20(14)22-25-21(26-28-22)16-6-8-19(9-7-16)27-13-15-10-17(23)12-18(24)11-15/h2-12H,13H2,1H3. The minimum Gasteiger partial charge on any atom is -0.489 e. The summed E-state index contributed by atoms with van der Waals surface area (Å²) in [4.78, 5) is 4.45. The molecule has 4 aromatic rings. The number of hydrogen-bond acceptors (Lipinski definition) is 4. The third-order valence-corrected chi connectivity index (χ3v) is 4.24. The van der Waals surface area contributed by atoms with E-state index in [0.717, 1.165) is 22.8 Å². The van der Waals surface area contributed by atoms with Gasteiger partial charge in [-0.2, -0.15) is 4.98 Å². The maximum atomic E-state index is 13.2. The van der Waals surface area contributed by atoms with Gasteiger partial charge in [0.2, 0.25) is 5.82 Å². The zero-order chi connectivity index (χ0) is 19.5. The molecule has 0 spiro atoms. The predicted molar refractivity (Wildman–Crippen MR) is 101 cm³/mol. The minimum absolute atomic E-state index is 0.0632. The van der Waals surface area contributed by atoms with Gasteiger partial charge in [0.15, 0.2) is 0 Å². The molecule has 1 heterocycles. The first-order valence-corrected chi connectivity index (χ1v) is 8.66. The molecule has 0 N–H and O–H groups in total. The van der Waals surface area contributed by atoms with Gasteiger partial charge in [-0.15, -0.1) is 0 Å². The van der Waals surface area contributed by atoms with E-state index in [9.17, 15) is 8.78 Å². The number of hydrogen-bond donors (Lipinski definition) is 0. The molecule has 0 aliphatic rings. The molecule has 0 saturated heterocycles. The van der Waals surface area contributed by atoms with Crippen molar-refractivity contribution in [1.82, 2.24) is 10.1 Å². The number of ether oxygens (including phenoxy) is 1. The second kappa shape index (κ2) is 7.60. The van der Waals surface area contributed by atoms with E-state index in [0.29, 0.717) is 23.0 Å². The summed E-state index contributed by atoms with van der Waals surface area (Å²) in [6.45, 7) is 2.05. The van der Waals surface area contributed by atoms with Crippen LogP contribution in [-0.2, 0) is 6.61 Å². The van der Waals surface area contributed by atoms with Gasteiger partial charge in [-0.05, 0) is 60.5 Å². The van der Waals surface area contributed by atoms with Crippen LogP contribution in [0.4, 0.5) is 8.78 Å². The Labute approximate surface area is 160 Å². The normalized spacial score (nSPS) is 10.8. The van der Waals surface area contributed by atoms with E-state index in [1.807, 2.05) is 31.2 Å². The summed E-state index contributed by atoms with van der Waals surface area (Å²) in [5.74, 6) is 0.237. The van der Waals surface area contributed by atoms with Gasteiger partial charge in [-0.25, -0.2) is 8.78 Å². The number of aromatic nitrogens is 2. The highest BCUT2D eigenvalue weighted by molar-refractivity contribution is 5.62. The van der Waals surface area contributed by atoms with Gasteiger partial charge in [0.25, 0.3) is 5.89 Å². The summed E-state index contributed by atoms with van der Waals surface area (Å²) in [6.07, 6.45) is 0. The van der Waals surface area contributed by atoms with Gasteiger partial charge in [0.1, 0.15) is 24.0 Å². The highest BCUT2D eigenvalue weighted by atomic mass is 19.1. The van der Waals surface area contributed by atoms with Gasteiger partial charge in [-0.3, -0.25) is 0 Å². The molecule has 6 heteroatoms. The van der Waals surface area contributed by atoms with E-state index in [1.165, 1.54) is 12.1 Å². The monoisotopic (exact) mass is 378 g/mol. The van der Waals surface area contributed by atoms with Crippen LogP contribution in [0.3, 0.4) is 0 Å². The third-order valence-electron chi connectivity index (χ3n) is 4.24. The molecule has 4 rings (SSSR count). The van der Waals surface area contributed by atoms with E-state index >= 15 is 0 Å². The lowest BCUT2D eigenvalue weighted by Gasteiger charge is -2.07. The van der Waals surface area contributed by atoms with Crippen molar-refractivity contribution in [2.75, 3.05) is 0 Å². The average molecular weight is 378 g/mol. The first-order chi connectivity index (χ1) is 13.6. The summed E-state index contributed by atoms with van der Waals surface area (Å²) in [7, 11) is 0. The SMILES string of the molecule is Cc1ccccc1-c1nc(-c2ccc(OCc3cc(F)cc(F)c3)cc2)no1. The number of rotatable bonds is 5. The highest BCUT2D eigenvalue weighted by Gasteiger charge is 2.12. The first kappa shape index (κ1) is 17.9. The minimum atomic E-state index is -0.629. The van der Waals surface area contributed by atoms with Crippen LogP contribution in [0.2, 0.25) is 0 Å². The Hall–Kier alpha value is -3.54. The molecule has 0 atom stereocenters. The van der Waals surface area contributed by atoms with Crippen LogP contribution in [-0.4, -0.2) is 10.1 Å². The molecule has 0 bridgehead atoms. The summed E-state index contributed by atoms with van der Waals surface area (Å²) in [6, 6.07) is 18.2. The van der Waals surface area contributed by atoms with E-state index in [4.69, 9.17) is 9.26 Å². The maximum absolute atomic E-state index is 13.2. The van der Waals surface area contributed by atoms with E-state index in [1.54, 1.807) is 24.3 Å². The summed E-state index contributed by atoms with van der Waals surface area (Å²) in [5, 5.41) is 4.04. The molecule has 0 fully saturated rings. The van der Waals surface area contributed by atoms with Crippen LogP contribution in [0.5, 0.6) is 5.75 Å². The smallest absolute Gasteiger partial charge is 0.258 e. The molecule has 28 heavy (non-hydrogen) atoms. The second-order valence-electron chi connectivity index (χ2n) is 6.33. The van der Waals surface area contributed by atoms with Crippen molar-refractivity contribution < 1.29 is 18.0 Å². The average Bonchev–Trinajstić information content (AvgIpc) is 3.16.